The number of piperidine rings is 1. The zero-order valence-electron chi connectivity index (χ0n) is 16.4. The number of carbonyl (C=O) groups is 1. The molecule has 3 rings (SSSR count). The molecule has 1 aliphatic rings. The van der Waals surface area contributed by atoms with Gasteiger partial charge in [0.15, 0.2) is 4.90 Å². The predicted octanol–water partition coefficient (Wildman–Crippen LogP) is -0.378. The summed E-state index contributed by atoms with van der Waals surface area (Å²) in [6.45, 7) is 1.41. The van der Waals surface area contributed by atoms with E-state index in [-0.39, 0.29) is 31.2 Å². The molecule has 1 aliphatic heterocycles. The van der Waals surface area contributed by atoms with Gasteiger partial charge < -0.3 is 15.4 Å². The number of aromatic nitrogens is 2. The number of aromatic amines is 2. The lowest BCUT2D eigenvalue weighted by molar-refractivity contribution is -0.126. The van der Waals surface area contributed by atoms with Crippen LogP contribution in [-0.2, 0) is 14.8 Å². The quantitative estimate of drug-likeness (QED) is 0.484. The summed E-state index contributed by atoms with van der Waals surface area (Å²) in [6, 6.07) is 8.88. The van der Waals surface area contributed by atoms with Crippen molar-refractivity contribution in [3.63, 3.8) is 0 Å². The topological polar surface area (TPSA) is 152 Å². The molecule has 0 bridgehead atoms. The average molecular weight is 436 g/mol. The molecular weight excluding hydrogens is 412 g/mol. The van der Waals surface area contributed by atoms with Crippen molar-refractivity contribution in [2.45, 2.75) is 30.8 Å². The van der Waals surface area contributed by atoms with Gasteiger partial charge in [0.2, 0.25) is 15.9 Å². The third-order valence-electron chi connectivity index (χ3n) is 5.08. The molecule has 0 saturated carbocycles. The van der Waals surface area contributed by atoms with Crippen LogP contribution < -0.4 is 16.6 Å². The SMILES string of the molecule is Cc1[nH]c(=O)[nH]c(=O)c1S(=O)(=O)N1CCC[C@@H](C(=O)NC[C@H](O)c2ccccc2)C1. The van der Waals surface area contributed by atoms with Gasteiger partial charge in [-0.1, -0.05) is 30.3 Å². The number of rotatable bonds is 6. The van der Waals surface area contributed by atoms with Gasteiger partial charge in [0, 0.05) is 25.3 Å². The number of benzene rings is 1. The highest BCUT2D eigenvalue weighted by Gasteiger charge is 2.36. The Balaban J connectivity index is 1.70. The van der Waals surface area contributed by atoms with E-state index in [2.05, 4.69) is 10.3 Å². The Morgan fingerprint density at radius 2 is 1.97 bits per heavy atom. The van der Waals surface area contributed by atoms with Crippen molar-refractivity contribution in [2.24, 2.45) is 5.92 Å². The standard InChI is InChI=1S/C19H24N4O6S/c1-12-16(18(26)22-19(27)21-12)30(28,29)23-9-5-8-14(11-23)17(25)20-10-15(24)13-6-3-2-4-7-13/h2-4,6-7,14-15,24H,5,8-11H2,1H3,(H,20,25)(H2,21,22,26,27)/t14-,15+/m1/s1. The van der Waals surface area contributed by atoms with Crippen LogP contribution in [0.1, 0.15) is 30.2 Å². The lowest BCUT2D eigenvalue weighted by Crippen LogP contribution is -2.47. The number of H-pyrrole nitrogens is 2. The second-order valence-corrected chi connectivity index (χ2v) is 9.11. The fraction of sp³-hybridized carbons (Fsp3) is 0.421. The van der Waals surface area contributed by atoms with Crippen LogP contribution in [-0.4, -0.2) is 53.3 Å². The maximum absolute atomic E-state index is 13.0. The summed E-state index contributed by atoms with van der Waals surface area (Å²) in [7, 11) is -4.19. The zero-order valence-corrected chi connectivity index (χ0v) is 17.2. The van der Waals surface area contributed by atoms with Gasteiger partial charge in [-0.05, 0) is 25.3 Å². The van der Waals surface area contributed by atoms with Crippen LogP contribution in [0.2, 0.25) is 0 Å². The summed E-state index contributed by atoms with van der Waals surface area (Å²) >= 11 is 0. The molecule has 0 unspecified atom stereocenters. The van der Waals surface area contributed by atoms with E-state index in [1.807, 2.05) is 11.1 Å². The van der Waals surface area contributed by atoms with E-state index < -0.39 is 38.2 Å². The van der Waals surface area contributed by atoms with Gasteiger partial charge in [-0.15, -0.1) is 0 Å². The molecule has 1 amide bonds. The van der Waals surface area contributed by atoms with Crippen LogP contribution in [0.15, 0.2) is 44.8 Å². The summed E-state index contributed by atoms with van der Waals surface area (Å²) in [5.41, 5.74) is -1.17. The minimum absolute atomic E-state index is 0.00476. The number of amides is 1. The molecule has 1 fully saturated rings. The molecule has 2 atom stereocenters. The van der Waals surface area contributed by atoms with Crippen LogP contribution in [0.5, 0.6) is 0 Å². The minimum Gasteiger partial charge on any atom is -0.387 e. The Morgan fingerprint density at radius 1 is 1.27 bits per heavy atom. The highest BCUT2D eigenvalue weighted by atomic mass is 32.2. The highest BCUT2D eigenvalue weighted by molar-refractivity contribution is 7.89. The van der Waals surface area contributed by atoms with Crippen LogP contribution >= 0.6 is 0 Å². The van der Waals surface area contributed by atoms with E-state index in [9.17, 15) is 27.9 Å². The van der Waals surface area contributed by atoms with E-state index in [0.717, 1.165) is 4.31 Å². The van der Waals surface area contributed by atoms with Crippen LogP contribution in [0.3, 0.4) is 0 Å². The van der Waals surface area contributed by atoms with Gasteiger partial charge in [-0.3, -0.25) is 14.6 Å². The Labute approximate surface area is 173 Å². The van der Waals surface area contributed by atoms with Crippen molar-refractivity contribution >= 4 is 15.9 Å². The molecule has 10 nitrogen and oxygen atoms in total. The number of aliphatic hydroxyl groups is 1. The molecule has 1 aromatic heterocycles. The largest absolute Gasteiger partial charge is 0.387 e. The Morgan fingerprint density at radius 3 is 2.63 bits per heavy atom. The highest BCUT2D eigenvalue weighted by Crippen LogP contribution is 2.23. The van der Waals surface area contributed by atoms with Gasteiger partial charge in [-0.2, -0.15) is 4.31 Å². The van der Waals surface area contributed by atoms with E-state index in [4.69, 9.17) is 0 Å². The lowest BCUT2D eigenvalue weighted by Gasteiger charge is -2.31. The summed E-state index contributed by atoms with van der Waals surface area (Å²) in [5, 5.41) is 12.9. The number of carbonyl (C=O) groups excluding carboxylic acids is 1. The van der Waals surface area contributed by atoms with Gasteiger partial charge >= 0.3 is 5.69 Å². The lowest BCUT2D eigenvalue weighted by atomic mass is 9.98. The molecule has 0 aliphatic carbocycles. The number of nitrogens with zero attached hydrogens (tertiary/aromatic N) is 1. The molecule has 4 N–H and O–H groups in total. The number of hydrogen-bond donors (Lipinski definition) is 4. The molecule has 162 valence electrons. The first-order valence-electron chi connectivity index (χ1n) is 9.54. The van der Waals surface area contributed by atoms with E-state index in [0.29, 0.717) is 18.4 Å². The molecular formula is C19H24N4O6S. The summed E-state index contributed by atoms with van der Waals surface area (Å²) < 4.78 is 27.0. The third kappa shape index (κ3) is 4.69. The number of aliphatic hydroxyl groups excluding tert-OH is 1. The maximum atomic E-state index is 13.0. The first-order valence-corrected chi connectivity index (χ1v) is 11.0. The molecule has 2 heterocycles. The molecule has 0 spiro atoms. The number of aryl methyl sites for hydroxylation is 1. The molecule has 30 heavy (non-hydrogen) atoms. The first-order chi connectivity index (χ1) is 14.2. The third-order valence-corrected chi connectivity index (χ3v) is 7.10. The van der Waals surface area contributed by atoms with Crippen LogP contribution in [0, 0.1) is 12.8 Å². The predicted molar refractivity (Wildman–Crippen MR) is 108 cm³/mol. The Hall–Kier alpha value is -2.76. The summed E-state index contributed by atoms with van der Waals surface area (Å²) in [4.78, 5) is 39.7. The number of sulfonamides is 1. The fourth-order valence-electron chi connectivity index (χ4n) is 3.54. The van der Waals surface area contributed by atoms with Crippen molar-refractivity contribution in [1.29, 1.82) is 0 Å². The Bertz CT molecular complexity index is 1130. The van der Waals surface area contributed by atoms with Crippen molar-refractivity contribution < 1.29 is 18.3 Å². The molecule has 1 aromatic carbocycles. The zero-order chi connectivity index (χ0) is 21.9. The van der Waals surface area contributed by atoms with Crippen LogP contribution in [0.25, 0.3) is 0 Å². The number of hydrogen-bond acceptors (Lipinski definition) is 6. The van der Waals surface area contributed by atoms with Gasteiger partial charge in [-0.25, -0.2) is 13.2 Å². The molecule has 0 radical (unpaired) electrons. The summed E-state index contributed by atoms with van der Waals surface area (Å²) in [5.74, 6) is -0.976. The molecule has 11 heteroatoms. The van der Waals surface area contributed by atoms with Gasteiger partial charge in [0.1, 0.15) is 0 Å². The summed E-state index contributed by atoms with van der Waals surface area (Å²) in [6.07, 6.45) is 0.0555. The second kappa shape index (κ2) is 8.94. The maximum Gasteiger partial charge on any atom is 0.325 e. The van der Waals surface area contributed by atoms with E-state index in [1.165, 1.54) is 6.92 Å². The van der Waals surface area contributed by atoms with E-state index in [1.54, 1.807) is 24.3 Å². The van der Waals surface area contributed by atoms with Gasteiger partial charge in [0.25, 0.3) is 5.56 Å². The van der Waals surface area contributed by atoms with E-state index >= 15 is 0 Å². The van der Waals surface area contributed by atoms with Crippen LogP contribution in [0.4, 0.5) is 0 Å². The van der Waals surface area contributed by atoms with Crippen molar-refractivity contribution in [3.05, 3.63) is 62.4 Å². The van der Waals surface area contributed by atoms with Crippen molar-refractivity contribution in [2.75, 3.05) is 19.6 Å². The number of nitrogens with one attached hydrogen (secondary N) is 3. The second-order valence-electron chi connectivity index (χ2n) is 7.24. The monoisotopic (exact) mass is 436 g/mol. The average Bonchev–Trinajstić information content (AvgIpc) is 2.71. The Kier molecular flexibility index (Phi) is 6.54. The normalized spacial score (nSPS) is 18.7. The first kappa shape index (κ1) is 21.9. The minimum atomic E-state index is -4.19. The van der Waals surface area contributed by atoms with Crippen molar-refractivity contribution in [1.82, 2.24) is 19.6 Å². The van der Waals surface area contributed by atoms with Crippen molar-refractivity contribution in [3.8, 4) is 0 Å². The molecule has 2 aromatic rings. The smallest absolute Gasteiger partial charge is 0.325 e. The fourth-order valence-corrected chi connectivity index (χ4v) is 5.26. The molecule has 1 saturated heterocycles. The van der Waals surface area contributed by atoms with Gasteiger partial charge in [0.05, 0.1) is 12.0 Å².